The molecule has 0 spiro atoms. The number of fused-ring (bicyclic) bond motifs is 1. The fraction of sp³-hybridized carbons (Fsp3) is 0.211. The van der Waals surface area contributed by atoms with Gasteiger partial charge < -0.3 is 15.7 Å². The number of aliphatic hydroxyl groups excluding tert-OH is 1. The van der Waals surface area contributed by atoms with Crippen LogP contribution in [0.5, 0.6) is 0 Å². The van der Waals surface area contributed by atoms with Crippen LogP contribution in [0.3, 0.4) is 0 Å². The lowest BCUT2D eigenvalue weighted by Gasteiger charge is -2.20. The third-order valence-corrected chi connectivity index (χ3v) is 5.22. The van der Waals surface area contributed by atoms with E-state index in [1.807, 2.05) is 19.1 Å². The summed E-state index contributed by atoms with van der Waals surface area (Å²) >= 11 is 12.2. The molecule has 1 aliphatic heterocycles. The molecule has 1 aromatic carbocycles. The lowest BCUT2D eigenvalue weighted by Crippen LogP contribution is -2.28. The maximum Gasteiger partial charge on any atom is 0.227 e. The topological polar surface area (TPSA) is 83.0 Å². The molecule has 3 aromatic rings. The van der Waals surface area contributed by atoms with Crippen LogP contribution in [0.1, 0.15) is 12.5 Å². The number of anilines is 3. The zero-order valence-electron chi connectivity index (χ0n) is 14.5. The van der Waals surface area contributed by atoms with Crippen molar-refractivity contribution in [3.8, 4) is 11.3 Å². The second-order valence-corrected chi connectivity index (χ2v) is 7.55. The largest absolute Gasteiger partial charge is 0.395 e. The summed E-state index contributed by atoms with van der Waals surface area (Å²) in [5.41, 5.74) is 2.81. The van der Waals surface area contributed by atoms with E-state index >= 15 is 0 Å². The van der Waals surface area contributed by atoms with Crippen molar-refractivity contribution in [3.63, 3.8) is 0 Å². The molecule has 2 aromatic heterocycles. The third kappa shape index (κ3) is 3.43. The molecule has 3 heterocycles. The highest BCUT2D eigenvalue weighted by Crippen LogP contribution is 2.37. The van der Waals surface area contributed by atoms with Gasteiger partial charge in [0.15, 0.2) is 0 Å². The molecule has 0 saturated heterocycles. The Morgan fingerprint density at radius 1 is 1.22 bits per heavy atom. The minimum atomic E-state index is -0.360. The molecular formula is C19H17Cl2N5O. The lowest BCUT2D eigenvalue weighted by atomic mass is 9.85. The number of pyridine rings is 1. The Labute approximate surface area is 166 Å². The minimum absolute atomic E-state index is 0.0436. The maximum atomic E-state index is 9.76. The van der Waals surface area contributed by atoms with Gasteiger partial charge in [-0.1, -0.05) is 30.1 Å². The zero-order chi connectivity index (χ0) is 19.0. The number of aromatic nitrogens is 3. The SMILES string of the molecule is CC1(CO)CNc2ncc(-c3ccnc(Nc4cc(Cl)ccc4Cl)n3)cc21. The van der Waals surface area contributed by atoms with E-state index in [0.717, 1.165) is 16.9 Å². The van der Waals surface area contributed by atoms with Gasteiger partial charge in [-0.2, -0.15) is 0 Å². The molecule has 0 saturated carbocycles. The maximum absolute atomic E-state index is 9.76. The minimum Gasteiger partial charge on any atom is -0.395 e. The summed E-state index contributed by atoms with van der Waals surface area (Å²) in [4.78, 5) is 13.3. The monoisotopic (exact) mass is 401 g/mol. The fourth-order valence-electron chi connectivity index (χ4n) is 3.01. The van der Waals surface area contributed by atoms with Gasteiger partial charge in [0.1, 0.15) is 5.82 Å². The van der Waals surface area contributed by atoms with E-state index in [9.17, 15) is 5.11 Å². The van der Waals surface area contributed by atoms with Crippen LogP contribution in [0.25, 0.3) is 11.3 Å². The molecule has 1 atom stereocenters. The van der Waals surface area contributed by atoms with Gasteiger partial charge in [0, 0.05) is 40.5 Å². The first-order valence-corrected chi connectivity index (χ1v) is 9.15. The molecule has 0 fully saturated rings. The first-order chi connectivity index (χ1) is 13.0. The van der Waals surface area contributed by atoms with Crippen molar-refractivity contribution in [1.29, 1.82) is 0 Å². The van der Waals surface area contributed by atoms with Crippen LogP contribution < -0.4 is 10.6 Å². The molecule has 0 radical (unpaired) electrons. The van der Waals surface area contributed by atoms with Gasteiger partial charge in [0.05, 0.1) is 23.0 Å². The third-order valence-electron chi connectivity index (χ3n) is 4.66. The number of nitrogens with one attached hydrogen (secondary N) is 2. The fourth-order valence-corrected chi connectivity index (χ4v) is 3.35. The van der Waals surface area contributed by atoms with E-state index in [4.69, 9.17) is 23.2 Å². The van der Waals surface area contributed by atoms with E-state index in [-0.39, 0.29) is 12.0 Å². The van der Waals surface area contributed by atoms with Gasteiger partial charge in [0.2, 0.25) is 5.95 Å². The van der Waals surface area contributed by atoms with Crippen molar-refractivity contribution in [1.82, 2.24) is 15.0 Å². The Morgan fingerprint density at radius 2 is 2.07 bits per heavy atom. The summed E-state index contributed by atoms with van der Waals surface area (Å²) in [6.07, 6.45) is 3.42. The molecule has 3 N–H and O–H groups in total. The van der Waals surface area contributed by atoms with Crippen LogP contribution in [-0.4, -0.2) is 33.2 Å². The average molecular weight is 402 g/mol. The predicted octanol–water partition coefficient (Wildman–Crippen LogP) is 4.26. The summed E-state index contributed by atoms with van der Waals surface area (Å²) in [5.74, 6) is 1.20. The number of hydrogen-bond acceptors (Lipinski definition) is 6. The molecule has 27 heavy (non-hydrogen) atoms. The van der Waals surface area contributed by atoms with E-state index in [1.54, 1.807) is 30.6 Å². The van der Waals surface area contributed by atoms with Crippen molar-refractivity contribution < 1.29 is 5.11 Å². The molecule has 6 nitrogen and oxygen atoms in total. The van der Waals surface area contributed by atoms with E-state index < -0.39 is 0 Å². The highest BCUT2D eigenvalue weighted by Gasteiger charge is 2.35. The molecule has 0 bridgehead atoms. The number of hydrogen-bond donors (Lipinski definition) is 3. The predicted molar refractivity (Wildman–Crippen MR) is 108 cm³/mol. The normalized spacial score (nSPS) is 18.1. The Hall–Kier alpha value is -2.41. The van der Waals surface area contributed by atoms with Gasteiger partial charge in [0.25, 0.3) is 0 Å². The van der Waals surface area contributed by atoms with Crippen molar-refractivity contribution in [2.75, 3.05) is 23.8 Å². The Morgan fingerprint density at radius 3 is 2.89 bits per heavy atom. The van der Waals surface area contributed by atoms with Crippen LogP contribution in [-0.2, 0) is 5.41 Å². The van der Waals surface area contributed by atoms with Gasteiger partial charge in [-0.05, 0) is 30.3 Å². The van der Waals surface area contributed by atoms with Crippen LogP contribution >= 0.6 is 23.2 Å². The molecular weight excluding hydrogens is 385 g/mol. The van der Waals surface area contributed by atoms with Crippen molar-refractivity contribution >= 4 is 40.7 Å². The van der Waals surface area contributed by atoms with Crippen LogP contribution in [0, 0.1) is 0 Å². The highest BCUT2D eigenvalue weighted by molar-refractivity contribution is 6.35. The van der Waals surface area contributed by atoms with Gasteiger partial charge in [-0.15, -0.1) is 0 Å². The number of nitrogens with zero attached hydrogens (tertiary/aromatic N) is 3. The molecule has 8 heteroatoms. The Bertz CT molecular complexity index is 1010. The highest BCUT2D eigenvalue weighted by atomic mass is 35.5. The quantitative estimate of drug-likeness (QED) is 0.605. The standard InChI is InChI=1S/C19H17Cl2N5O/c1-19(10-27)9-24-17-13(19)6-11(8-23-17)15-4-5-22-18(25-15)26-16-7-12(20)2-3-14(16)21/h2-8,27H,9-10H2,1H3,(H,23,24)(H,22,25,26). The van der Waals surface area contributed by atoms with Gasteiger partial charge in [-0.25, -0.2) is 15.0 Å². The van der Waals surface area contributed by atoms with Crippen LogP contribution in [0.2, 0.25) is 10.0 Å². The summed E-state index contributed by atoms with van der Waals surface area (Å²) in [6.45, 7) is 2.70. The molecule has 138 valence electrons. The van der Waals surface area contributed by atoms with E-state index in [0.29, 0.717) is 33.9 Å². The van der Waals surface area contributed by atoms with Crippen molar-refractivity contribution in [2.24, 2.45) is 0 Å². The van der Waals surface area contributed by atoms with Crippen LogP contribution in [0.15, 0.2) is 42.7 Å². The molecule has 0 amide bonds. The Balaban J connectivity index is 1.67. The Kier molecular flexibility index (Phi) is 4.63. The number of halogens is 2. The summed E-state index contributed by atoms with van der Waals surface area (Å²) in [7, 11) is 0. The summed E-state index contributed by atoms with van der Waals surface area (Å²) in [5, 5.41) is 17.2. The smallest absolute Gasteiger partial charge is 0.227 e. The summed E-state index contributed by atoms with van der Waals surface area (Å²) in [6, 6.07) is 8.97. The number of benzene rings is 1. The second kappa shape index (κ2) is 6.96. The van der Waals surface area contributed by atoms with Crippen LogP contribution in [0.4, 0.5) is 17.5 Å². The van der Waals surface area contributed by atoms with Crippen molar-refractivity contribution in [2.45, 2.75) is 12.3 Å². The molecule has 0 aliphatic carbocycles. The lowest BCUT2D eigenvalue weighted by molar-refractivity contribution is 0.218. The average Bonchev–Trinajstić information content (AvgIpc) is 3.02. The van der Waals surface area contributed by atoms with E-state index in [1.165, 1.54) is 0 Å². The van der Waals surface area contributed by atoms with Gasteiger partial charge >= 0.3 is 0 Å². The molecule has 4 rings (SSSR count). The molecule has 1 aliphatic rings. The number of rotatable bonds is 4. The van der Waals surface area contributed by atoms with Gasteiger partial charge in [-0.3, -0.25) is 0 Å². The number of aliphatic hydroxyl groups is 1. The van der Waals surface area contributed by atoms with E-state index in [2.05, 4.69) is 25.6 Å². The molecule has 1 unspecified atom stereocenters. The second-order valence-electron chi connectivity index (χ2n) is 6.71. The zero-order valence-corrected chi connectivity index (χ0v) is 16.0. The van der Waals surface area contributed by atoms with Crippen molar-refractivity contribution in [3.05, 3.63) is 58.3 Å². The first-order valence-electron chi connectivity index (χ1n) is 8.39. The first kappa shape index (κ1) is 18.0. The summed E-state index contributed by atoms with van der Waals surface area (Å²) < 4.78 is 0.